The van der Waals surface area contributed by atoms with Crippen molar-refractivity contribution in [3.8, 4) is 0 Å². The zero-order chi connectivity index (χ0) is 14.7. The van der Waals surface area contributed by atoms with Crippen molar-refractivity contribution in [3.63, 3.8) is 0 Å². The van der Waals surface area contributed by atoms with Crippen LogP contribution in [0.25, 0.3) is 5.65 Å². The molecule has 20 heavy (non-hydrogen) atoms. The summed E-state index contributed by atoms with van der Waals surface area (Å²) in [6.45, 7) is 9.87. The SMILES string of the molecule is COCc1cc(C(C)C)n2cnc(CNC(C)C)c2n1. The van der Waals surface area contributed by atoms with Gasteiger partial charge < -0.3 is 10.1 Å². The molecular formula is C15H24N4O. The second-order valence-corrected chi connectivity index (χ2v) is 5.68. The number of imidazole rings is 1. The van der Waals surface area contributed by atoms with Gasteiger partial charge in [0.15, 0.2) is 5.65 Å². The second kappa shape index (κ2) is 6.33. The Labute approximate surface area is 120 Å². The predicted molar refractivity (Wildman–Crippen MR) is 79.8 cm³/mol. The maximum Gasteiger partial charge on any atom is 0.161 e. The van der Waals surface area contributed by atoms with Gasteiger partial charge >= 0.3 is 0 Å². The van der Waals surface area contributed by atoms with E-state index in [1.165, 1.54) is 5.69 Å². The summed E-state index contributed by atoms with van der Waals surface area (Å²) in [7, 11) is 1.69. The minimum absolute atomic E-state index is 0.413. The van der Waals surface area contributed by atoms with Crippen LogP contribution in [0.5, 0.6) is 0 Å². The number of rotatable bonds is 6. The van der Waals surface area contributed by atoms with Crippen LogP contribution in [-0.2, 0) is 17.9 Å². The molecule has 1 N–H and O–H groups in total. The average molecular weight is 276 g/mol. The van der Waals surface area contributed by atoms with Gasteiger partial charge in [-0.05, 0) is 12.0 Å². The van der Waals surface area contributed by atoms with Crippen LogP contribution in [0.2, 0.25) is 0 Å². The predicted octanol–water partition coefficient (Wildman–Crippen LogP) is 2.50. The summed E-state index contributed by atoms with van der Waals surface area (Å²) in [5.41, 5.74) is 4.08. The second-order valence-electron chi connectivity index (χ2n) is 5.68. The van der Waals surface area contributed by atoms with E-state index in [-0.39, 0.29) is 0 Å². The van der Waals surface area contributed by atoms with Crippen LogP contribution in [0.3, 0.4) is 0 Å². The van der Waals surface area contributed by atoms with Crippen LogP contribution >= 0.6 is 0 Å². The molecule has 0 aromatic carbocycles. The first-order valence-electron chi connectivity index (χ1n) is 7.11. The minimum atomic E-state index is 0.413. The van der Waals surface area contributed by atoms with Crippen molar-refractivity contribution in [1.82, 2.24) is 19.7 Å². The van der Waals surface area contributed by atoms with Crippen molar-refractivity contribution in [2.24, 2.45) is 0 Å². The van der Waals surface area contributed by atoms with Crippen LogP contribution < -0.4 is 5.32 Å². The zero-order valence-electron chi connectivity index (χ0n) is 13.0. The third kappa shape index (κ3) is 3.16. The van der Waals surface area contributed by atoms with Crippen molar-refractivity contribution < 1.29 is 4.74 Å². The van der Waals surface area contributed by atoms with Crippen molar-refractivity contribution >= 4 is 5.65 Å². The average Bonchev–Trinajstić information content (AvgIpc) is 2.78. The van der Waals surface area contributed by atoms with Gasteiger partial charge in [-0.1, -0.05) is 27.7 Å². The van der Waals surface area contributed by atoms with Crippen molar-refractivity contribution in [2.45, 2.75) is 52.8 Å². The summed E-state index contributed by atoms with van der Waals surface area (Å²) >= 11 is 0. The Morgan fingerprint density at radius 3 is 2.65 bits per heavy atom. The highest BCUT2D eigenvalue weighted by Gasteiger charge is 2.13. The Balaban J connectivity index is 2.46. The summed E-state index contributed by atoms with van der Waals surface area (Å²) in [5, 5.41) is 3.39. The summed E-state index contributed by atoms with van der Waals surface area (Å²) in [5.74, 6) is 0.413. The van der Waals surface area contributed by atoms with Gasteiger partial charge in [0.05, 0.1) is 18.0 Å². The van der Waals surface area contributed by atoms with Crippen LogP contribution in [0.4, 0.5) is 0 Å². The molecule has 2 aromatic heterocycles. The van der Waals surface area contributed by atoms with Crippen molar-refractivity contribution in [1.29, 1.82) is 0 Å². The fraction of sp³-hybridized carbons (Fsp3) is 0.600. The van der Waals surface area contributed by atoms with E-state index in [4.69, 9.17) is 4.74 Å². The molecule has 2 aromatic rings. The van der Waals surface area contributed by atoms with Crippen molar-refractivity contribution in [3.05, 3.63) is 29.5 Å². The molecule has 2 rings (SSSR count). The van der Waals surface area contributed by atoms with E-state index in [1.807, 2.05) is 6.33 Å². The van der Waals surface area contributed by atoms with Crippen LogP contribution in [0, 0.1) is 0 Å². The first kappa shape index (κ1) is 14.9. The molecule has 0 saturated carbocycles. The molecule has 0 fully saturated rings. The van der Waals surface area contributed by atoms with Gasteiger partial charge in [0.1, 0.15) is 6.33 Å². The smallest absolute Gasteiger partial charge is 0.161 e. The first-order chi connectivity index (χ1) is 9.52. The summed E-state index contributed by atoms with van der Waals surface area (Å²) in [4.78, 5) is 9.19. The number of aromatic nitrogens is 3. The number of methoxy groups -OCH3 is 1. The summed E-state index contributed by atoms with van der Waals surface area (Å²) in [6, 6.07) is 2.53. The van der Waals surface area contributed by atoms with Crippen LogP contribution in [0.1, 0.15) is 50.7 Å². The minimum Gasteiger partial charge on any atom is -0.378 e. The highest BCUT2D eigenvalue weighted by atomic mass is 16.5. The highest BCUT2D eigenvalue weighted by molar-refractivity contribution is 5.46. The van der Waals surface area contributed by atoms with E-state index in [1.54, 1.807) is 7.11 Å². The first-order valence-corrected chi connectivity index (χ1v) is 7.11. The summed E-state index contributed by atoms with van der Waals surface area (Å²) < 4.78 is 7.30. The molecule has 0 bridgehead atoms. The van der Waals surface area contributed by atoms with Crippen molar-refractivity contribution in [2.75, 3.05) is 7.11 Å². The molecule has 0 aliphatic rings. The van der Waals surface area contributed by atoms with E-state index in [0.717, 1.165) is 23.6 Å². The number of nitrogens with zero attached hydrogens (tertiary/aromatic N) is 3. The molecule has 0 aliphatic carbocycles. The molecule has 0 amide bonds. The molecule has 5 heteroatoms. The molecule has 0 radical (unpaired) electrons. The lowest BCUT2D eigenvalue weighted by Gasteiger charge is -2.12. The maximum atomic E-state index is 5.22. The molecule has 110 valence electrons. The van der Waals surface area contributed by atoms with Gasteiger partial charge in [0.25, 0.3) is 0 Å². The van der Waals surface area contributed by atoms with Gasteiger partial charge in [0, 0.05) is 25.4 Å². The third-order valence-electron chi connectivity index (χ3n) is 3.22. The molecule has 0 unspecified atom stereocenters. The number of nitrogens with one attached hydrogen (secondary N) is 1. The Morgan fingerprint density at radius 2 is 2.05 bits per heavy atom. The molecule has 0 atom stereocenters. The largest absolute Gasteiger partial charge is 0.378 e. The van der Waals surface area contributed by atoms with Gasteiger partial charge in [-0.15, -0.1) is 0 Å². The topological polar surface area (TPSA) is 51.5 Å². The van der Waals surface area contributed by atoms with Gasteiger partial charge in [0.2, 0.25) is 0 Å². The van der Waals surface area contributed by atoms with E-state index < -0.39 is 0 Å². The Bertz CT molecular complexity index is 575. The van der Waals surface area contributed by atoms with E-state index >= 15 is 0 Å². The van der Waals surface area contributed by atoms with Gasteiger partial charge in [-0.2, -0.15) is 0 Å². The highest BCUT2D eigenvalue weighted by Crippen LogP contribution is 2.19. The molecule has 0 aliphatic heterocycles. The quantitative estimate of drug-likeness (QED) is 0.880. The Kier molecular flexibility index (Phi) is 4.73. The standard InChI is InChI=1S/C15H24N4O/c1-10(2)14-6-12(8-20-5)18-15-13(7-16-11(3)4)17-9-19(14)15/h6,9-11,16H,7-8H2,1-5H3. The molecule has 0 saturated heterocycles. The third-order valence-corrected chi connectivity index (χ3v) is 3.22. The van der Waals surface area contributed by atoms with Gasteiger partial charge in [-0.3, -0.25) is 4.40 Å². The lowest BCUT2D eigenvalue weighted by molar-refractivity contribution is 0.181. The Morgan fingerprint density at radius 1 is 1.30 bits per heavy atom. The molecule has 2 heterocycles. The maximum absolute atomic E-state index is 5.22. The number of hydrogen-bond donors (Lipinski definition) is 1. The number of ether oxygens (including phenoxy) is 1. The fourth-order valence-corrected chi connectivity index (χ4v) is 2.19. The molecule has 5 nitrogen and oxygen atoms in total. The number of hydrogen-bond acceptors (Lipinski definition) is 4. The van der Waals surface area contributed by atoms with E-state index in [2.05, 4.69) is 53.4 Å². The Hall–Kier alpha value is -1.46. The zero-order valence-corrected chi connectivity index (χ0v) is 13.0. The molecule has 0 spiro atoms. The van der Waals surface area contributed by atoms with E-state index in [0.29, 0.717) is 18.6 Å². The normalized spacial score (nSPS) is 11.9. The van der Waals surface area contributed by atoms with Crippen LogP contribution in [-0.4, -0.2) is 27.5 Å². The molecular weight excluding hydrogens is 252 g/mol. The monoisotopic (exact) mass is 276 g/mol. The summed E-state index contributed by atoms with van der Waals surface area (Å²) in [6.07, 6.45) is 1.87. The fourth-order valence-electron chi connectivity index (χ4n) is 2.19. The lowest BCUT2D eigenvalue weighted by atomic mass is 10.1. The lowest BCUT2D eigenvalue weighted by Crippen LogP contribution is -2.22. The van der Waals surface area contributed by atoms with E-state index in [9.17, 15) is 0 Å². The number of fused-ring (bicyclic) bond motifs is 1. The van der Waals surface area contributed by atoms with Crippen LogP contribution in [0.15, 0.2) is 12.4 Å². The van der Waals surface area contributed by atoms with Gasteiger partial charge in [-0.25, -0.2) is 9.97 Å².